The molecular weight excluding hydrogens is 292 g/mol. The molecule has 0 amide bonds. The molecule has 0 aliphatic rings. The summed E-state index contributed by atoms with van der Waals surface area (Å²) in [5.74, 6) is 0. The second-order valence-electron chi connectivity index (χ2n) is 5.66. The van der Waals surface area contributed by atoms with Gasteiger partial charge in [-0.3, -0.25) is 0 Å². The van der Waals surface area contributed by atoms with E-state index in [9.17, 15) is 0 Å². The Hall–Kier alpha value is -3.26. The van der Waals surface area contributed by atoms with Crippen LogP contribution in [0.3, 0.4) is 0 Å². The average Bonchev–Trinajstić information content (AvgIpc) is 2.70. The lowest BCUT2D eigenvalue weighted by molar-refractivity contribution is 1.03. The molecular formula is C22H16N2. The molecule has 0 atom stereocenters. The minimum Gasteiger partial charge on any atom is -0.159 e. The van der Waals surface area contributed by atoms with E-state index in [1.165, 1.54) is 22.3 Å². The highest BCUT2D eigenvalue weighted by Gasteiger charge is 2.03. The molecule has 3 aromatic carbocycles. The maximum absolute atomic E-state index is 3.96. The van der Waals surface area contributed by atoms with Gasteiger partial charge in [-0.1, -0.05) is 72.8 Å². The third kappa shape index (κ3) is 2.95. The lowest BCUT2D eigenvalue weighted by Crippen LogP contribution is -1.84. The molecule has 2 heteroatoms. The first-order chi connectivity index (χ1) is 11.9. The van der Waals surface area contributed by atoms with Gasteiger partial charge in [0.15, 0.2) is 0 Å². The van der Waals surface area contributed by atoms with Crippen LogP contribution in [0.25, 0.3) is 33.4 Å². The summed E-state index contributed by atoms with van der Waals surface area (Å²) in [5.41, 5.74) is 7.10. The smallest absolute Gasteiger partial charge is 0.0574 e. The van der Waals surface area contributed by atoms with Crippen molar-refractivity contribution in [3.05, 3.63) is 97.3 Å². The van der Waals surface area contributed by atoms with Crippen molar-refractivity contribution >= 4 is 0 Å². The molecule has 0 aliphatic carbocycles. The first-order valence-electron chi connectivity index (χ1n) is 7.93. The Bertz CT molecular complexity index is 930. The summed E-state index contributed by atoms with van der Waals surface area (Å²) in [6.45, 7) is 0. The quantitative estimate of drug-likeness (QED) is 0.501. The lowest BCUT2D eigenvalue weighted by Gasteiger charge is -2.07. The Labute approximate surface area is 141 Å². The molecule has 4 aromatic rings. The number of benzene rings is 3. The van der Waals surface area contributed by atoms with E-state index in [4.69, 9.17) is 0 Å². The summed E-state index contributed by atoms with van der Waals surface area (Å²) in [5, 5.41) is 7.80. The molecule has 114 valence electrons. The van der Waals surface area contributed by atoms with Crippen LogP contribution in [0.4, 0.5) is 0 Å². The number of hydrogen-bond donors (Lipinski definition) is 0. The molecule has 1 aromatic heterocycles. The van der Waals surface area contributed by atoms with Gasteiger partial charge >= 0.3 is 0 Å². The molecule has 24 heavy (non-hydrogen) atoms. The minimum absolute atomic E-state index is 1.08. The highest BCUT2D eigenvalue weighted by molar-refractivity contribution is 5.74. The summed E-state index contributed by atoms with van der Waals surface area (Å²) in [4.78, 5) is 0. The standard InChI is InChI=1S/C22H16N2/c1-2-5-17(6-3-1)18-9-11-19(12-10-18)20-7-4-8-21(15-20)22-13-14-23-24-16-22/h1-16H. The Morgan fingerprint density at radius 2 is 1.00 bits per heavy atom. The number of aromatic nitrogens is 2. The van der Waals surface area contributed by atoms with Gasteiger partial charge in [0.1, 0.15) is 0 Å². The van der Waals surface area contributed by atoms with Crippen LogP contribution in [-0.4, -0.2) is 10.2 Å². The molecule has 0 saturated carbocycles. The number of nitrogens with zero attached hydrogens (tertiary/aromatic N) is 2. The zero-order chi connectivity index (χ0) is 16.2. The fourth-order valence-electron chi connectivity index (χ4n) is 2.83. The van der Waals surface area contributed by atoms with E-state index >= 15 is 0 Å². The zero-order valence-electron chi connectivity index (χ0n) is 13.1. The summed E-state index contributed by atoms with van der Waals surface area (Å²) < 4.78 is 0. The van der Waals surface area contributed by atoms with Gasteiger partial charge in [-0.2, -0.15) is 10.2 Å². The van der Waals surface area contributed by atoms with Crippen LogP contribution in [0.5, 0.6) is 0 Å². The van der Waals surface area contributed by atoms with Gasteiger partial charge in [0.05, 0.1) is 12.4 Å². The second-order valence-corrected chi connectivity index (χ2v) is 5.66. The maximum atomic E-state index is 3.96. The third-order valence-corrected chi connectivity index (χ3v) is 4.11. The molecule has 0 fully saturated rings. The largest absolute Gasteiger partial charge is 0.159 e. The summed E-state index contributed by atoms with van der Waals surface area (Å²) in [6.07, 6.45) is 3.51. The summed E-state index contributed by atoms with van der Waals surface area (Å²) in [7, 11) is 0. The zero-order valence-corrected chi connectivity index (χ0v) is 13.1. The van der Waals surface area contributed by atoms with Crippen LogP contribution in [0.1, 0.15) is 0 Å². The van der Waals surface area contributed by atoms with Crippen LogP contribution in [-0.2, 0) is 0 Å². The topological polar surface area (TPSA) is 25.8 Å². The Balaban J connectivity index is 1.67. The van der Waals surface area contributed by atoms with Crippen molar-refractivity contribution in [2.24, 2.45) is 0 Å². The fraction of sp³-hybridized carbons (Fsp3) is 0. The molecule has 0 unspecified atom stereocenters. The average molecular weight is 308 g/mol. The SMILES string of the molecule is c1ccc(-c2ccc(-c3cccc(-c4ccnnc4)c3)cc2)cc1. The molecule has 0 saturated heterocycles. The van der Waals surface area contributed by atoms with Gasteiger partial charge in [-0.15, -0.1) is 0 Å². The van der Waals surface area contributed by atoms with Gasteiger partial charge in [-0.25, -0.2) is 0 Å². The van der Waals surface area contributed by atoms with Crippen LogP contribution >= 0.6 is 0 Å². The summed E-state index contributed by atoms with van der Waals surface area (Å²) in [6, 6.07) is 29.6. The van der Waals surface area contributed by atoms with Crippen LogP contribution in [0.15, 0.2) is 97.3 Å². The van der Waals surface area contributed by atoms with Gasteiger partial charge in [0.2, 0.25) is 0 Å². The van der Waals surface area contributed by atoms with Crippen LogP contribution in [0, 0.1) is 0 Å². The summed E-state index contributed by atoms with van der Waals surface area (Å²) >= 11 is 0. The Kier molecular flexibility index (Phi) is 3.86. The molecule has 0 radical (unpaired) electrons. The number of rotatable bonds is 3. The van der Waals surface area contributed by atoms with Gasteiger partial charge in [-0.05, 0) is 39.9 Å². The second kappa shape index (κ2) is 6.47. The normalized spacial score (nSPS) is 10.5. The van der Waals surface area contributed by atoms with Gasteiger partial charge < -0.3 is 0 Å². The van der Waals surface area contributed by atoms with Crippen molar-refractivity contribution in [2.75, 3.05) is 0 Å². The predicted octanol–water partition coefficient (Wildman–Crippen LogP) is 5.48. The number of hydrogen-bond acceptors (Lipinski definition) is 2. The molecule has 4 rings (SSSR count). The molecule has 2 nitrogen and oxygen atoms in total. The van der Waals surface area contributed by atoms with Crippen LogP contribution < -0.4 is 0 Å². The molecule has 0 N–H and O–H groups in total. The minimum atomic E-state index is 1.08. The van der Waals surface area contributed by atoms with Gasteiger partial charge in [0, 0.05) is 5.56 Å². The van der Waals surface area contributed by atoms with E-state index in [-0.39, 0.29) is 0 Å². The highest BCUT2D eigenvalue weighted by atomic mass is 15.1. The Morgan fingerprint density at radius 1 is 0.417 bits per heavy atom. The lowest BCUT2D eigenvalue weighted by atomic mass is 9.98. The van der Waals surface area contributed by atoms with E-state index in [2.05, 4.69) is 83.0 Å². The van der Waals surface area contributed by atoms with E-state index in [1.54, 1.807) is 12.4 Å². The van der Waals surface area contributed by atoms with Crippen molar-refractivity contribution in [1.29, 1.82) is 0 Å². The first-order valence-corrected chi connectivity index (χ1v) is 7.93. The molecule has 0 bridgehead atoms. The first kappa shape index (κ1) is 14.3. The fourth-order valence-corrected chi connectivity index (χ4v) is 2.83. The van der Waals surface area contributed by atoms with Crippen molar-refractivity contribution in [1.82, 2.24) is 10.2 Å². The van der Waals surface area contributed by atoms with E-state index in [0.29, 0.717) is 0 Å². The molecule has 1 heterocycles. The molecule has 0 spiro atoms. The third-order valence-electron chi connectivity index (χ3n) is 4.11. The van der Waals surface area contributed by atoms with Crippen molar-refractivity contribution in [3.63, 3.8) is 0 Å². The van der Waals surface area contributed by atoms with Crippen molar-refractivity contribution < 1.29 is 0 Å². The van der Waals surface area contributed by atoms with E-state index < -0.39 is 0 Å². The van der Waals surface area contributed by atoms with E-state index in [1.807, 2.05) is 12.1 Å². The van der Waals surface area contributed by atoms with Crippen LogP contribution in [0.2, 0.25) is 0 Å². The molecule has 0 aliphatic heterocycles. The van der Waals surface area contributed by atoms with Crippen molar-refractivity contribution in [2.45, 2.75) is 0 Å². The highest BCUT2D eigenvalue weighted by Crippen LogP contribution is 2.28. The van der Waals surface area contributed by atoms with Crippen molar-refractivity contribution in [3.8, 4) is 33.4 Å². The Morgan fingerprint density at radius 3 is 1.67 bits per heavy atom. The van der Waals surface area contributed by atoms with E-state index in [0.717, 1.165) is 11.1 Å². The monoisotopic (exact) mass is 308 g/mol. The van der Waals surface area contributed by atoms with Gasteiger partial charge in [0.25, 0.3) is 0 Å². The maximum Gasteiger partial charge on any atom is 0.0574 e. The predicted molar refractivity (Wildman–Crippen MR) is 98.3 cm³/mol.